The van der Waals surface area contributed by atoms with Crippen molar-refractivity contribution < 1.29 is 17.9 Å². The van der Waals surface area contributed by atoms with Crippen LogP contribution >= 0.6 is 0 Å². The molecule has 0 spiro atoms. The molecule has 7 heteroatoms. The van der Waals surface area contributed by atoms with Gasteiger partial charge in [-0.1, -0.05) is 12.5 Å². The molecule has 3 aliphatic rings. The van der Waals surface area contributed by atoms with Gasteiger partial charge in [0.1, 0.15) is 0 Å². The smallest absolute Gasteiger partial charge is 0.251 e. The highest BCUT2D eigenvalue weighted by molar-refractivity contribution is 7.89. The third-order valence-corrected chi connectivity index (χ3v) is 8.74. The van der Waals surface area contributed by atoms with Crippen molar-refractivity contribution in [2.75, 3.05) is 13.1 Å². The van der Waals surface area contributed by atoms with Crippen molar-refractivity contribution in [1.82, 2.24) is 9.62 Å². The van der Waals surface area contributed by atoms with E-state index in [0.29, 0.717) is 24.6 Å². The van der Waals surface area contributed by atoms with Crippen molar-refractivity contribution in [2.24, 2.45) is 17.8 Å². The monoisotopic (exact) mass is 420 g/mol. The summed E-state index contributed by atoms with van der Waals surface area (Å²) in [6.07, 6.45) is 4.81. The van der Waals surface area contributed by atoms with Crippen LogP contribution in [0.2, 0.25) is 0 Å². The molecule has 6 nitrogen and oxygen atoms in total. The van der Waals surface area contributed by atoms with Gasteiger partial charge in [0, 0.05) is 24.7 Å². The van der Waals surface area contributed by atoms with Gasteiger partial charge < -0.3 is 10.1 Å². The second-order valence-corrected chi connectivity index (χ2v) is 11.1. The summed E-state index contributed by atoms with van der Waals surface area (Å²) in [6.45, 7) is 6.48. The Balaban J connectivity index is 1.47. The Morgan fingerprint density at radius 3 is 2.52 bits per heavy atom. The molecule has 160 valence electrons. The summed E-state index contributed by atoms with van der Waals surface area (Å²) in [4.78, 5) is 13.0. The number of sulfonamides is 1. The number of nitrogens with zero attached hydrogens (tertiary/aromatic N) is 1. The van der Waals surface area contributed by atoms with Gasteiger partial charge in [-0.15, -0.1) is 0 Å². The summed E-state index contributed by atoms with van der Waals surface area (Å²) in [7, 11) is -3.66. The van der Waals surface area contributed by atoms with E-state index < -0.39 is 10.0 Å². The quantitative estimate of drug-likeness (QED) is 0.794. The van der Waals surface area contributed by atoms with Crippen LogP contribution in [0.25, 0.3) is 0 Å². The van der Waals surface area contributed by atoms with Gasteiger partial charge in [0.2, 0.25) is 10.0 Å². The Hall–Kier alpha value is -1.44. The zero-order chi connectivity index (χ0) is 20.8. The predicted molar refractivity (Wildman–Crippen MR) is 111 cm³/mol. The highest BCUT2D eigenvalue weighted by atomic mass is 32.2. The average Bonchev–Trinajstić information content (AvgIpc) is 3.31. The van der Waals surface area contributed by atoms with Crippen LogP contribution in [-0.2, 0) is 14.8 Å². The van der Waals surface area contributed by atoms with Gasteiger partial charge in [-0.2, -0.15) is 4.31 Å². The van der Waals surface area contributed by atoms with Crippen LogP contribution in [0.4, 0.5) is 0 Å². The number of carbonyl (C=O) groups is 1. The molecule has 1 amide bonds. The first kappa shape index (κ1) is 20.8. The van der Waals surface area contributed by atoms with E-state index in [4.69, 9.17) is 4.74 Å². The lowest BCUT2D eigenvalue weighted by atomic mass is 9.84. The first-order valence-corrected chi connectivity index (χ1v) is 12.2. The number of carbonyl (C=O) groups excluding carboxylic acids is 1. The molecule has 2 saturated carbocycles. The summed E-state index contributed by atoms with van der Waals surface area (Å²) in [5, 5.41) is 3.13. The van der Waals surface area contributed by atoms with Crippen LogP contribution in [0.3, 0.4) is 0 Å². The number of amides is 1. The number of rotatable bonds is 5. The number of hydrogen-bond acceptors (Lipinski definition) is 4. The largest absolute Gasteiger partial charge is 0.373 e. The number of morpholine rings is 1. The molecule has 1 aromatic rings. The number of ether oxygens (including phenoxy) is 1. The summed E-state index contributed by atoms with van der Waals surface area (Å²) in [5.41, 5.74) is 0.399. The Kier molecular flexibility index (Phi) is 5.75. The molecular weight excluding hydrogens is 388 g/mol. The number of hydrogen-bond donors (Lipinski definition) is 1. The van der Waals surface area contributed by atoms with E-state index in [9.17, 15) is 13.2 Å². The summed E-state index contributed by atoms with van der Waals surface area (Å²) < 4.78 is 33.3. The normalized spacial score (nSPS) is 33.6. The van der Waals surface area contributed by atoms with E-state index in [0.717, 1.165) is 11.8 Å². The van der Waals surface area contributed by atoms with Crippen LogP contribution in [0.1, 0.15) is 56.8 Å². The van der Waals surface area contributed by atoms with E-state index in [2.05, 4.69) is 12.2 Å². The maximum absolute atomic E-state index is 13.1. The van der Waals surface area contributed by atoms with Gasteiger partial charge in [-0.3, -0.25) is 4.79 Å². The van der Waals surface area contributed by atoms with Gasteiger partial charge >= 0.3 is 0 Å². The Morgan fingerprint density at radius 2 is 1.90 bits per heavy atom. The lowest BCUT2D eigenvalue weighted by molar-refractivity contribution is -0.0440. The Bertz CT molecular complexity index is 861. The second kappa shape index (κ2) is 8.00. The number of benzene rings is 1. The standard InChI is InChI=1S/C22H32N2O4S/c1-14-12-24(13-15(2)28-14)29(26,27)20-6-4-5-19(11-20)22(25)23-16(3)21-10-17-7-8-18(21)9-17/h4-6,11,14-18,21H,7-10,12-13H2,1-3H3,(H,23,25)/t14-,15+,16-,17-,18-,21+/m1/s1. The van der Waals surface area contributed by atoms with Crippen LogP contribution < -0.4 is 5.32 Å². The number of nitrogens with one attached hydrogen (secondary N) is 1. The average molecular weight is 421 g/mol. The topological polar surface area (TPSA) is 75.7 Å². The molecule has 2 aliphatic carbocycles. The lowest BCUT2D eigenvalue weighted by Gasteiger charge is -2.34. The molecule has 3 fully saturated rings. The van der Waals surface area contributed by atoms with Gasteiger partial charge in [-0.05, 0) is 76.0 Å². The highest BCUT2D eigenvalue weighted by Crippen LogP contribution is 2.49. The van der Waals surface area contributed by atoms with Gasteiger partial charge in [-0.25, -0.2) is 8.42 Å². The maximum atomic E-state index is 13.1. The molecule has 4 rings (SSSR count). The molecule has 1 saturated heterocycles. The highest BCUT2D eigenvalue weighted by Gasteiger charge is 2.42. The van der Waals surface area contributed by atoms with Crippen molar-refractivity contribution in [3.8, 4) is 0 Å². The fraction of sp³-hybridized carbons (Fsp3) is 0.682. The number of fused-ring (bicyclic) bond motifs is 2. The summed E-state index contributed by atoms with van der Waals surface area (Å²) in [6, 6.07) is 6.52. The van der Waals surface area contributed by atoms with E-state index >= 15 is 0 Å². The Labute approximate surface area is 174 Å². The fourth-order valence-electron chi connectivity index (χ4n) is 5.58. The molecule has 29 heavy (non-hydrogen) atoms. The van der Waals surface area contributed by atoms with Crippen LogP contribution in [0, 0.1) is 17.8 Å². The molecule has 1 N–H and O–H groups in total. The molecule has 0 radical (unpaired) electrons. The molecule has 1 aromatic carbocycles. The SMILES string of the molecule is C[C@@H]1CN(S(=O)(=O)c2cccc(C(=O)N[C@H](C)[C@@H]3C[C@@H]4CC[C@@H]3C4)c2)C[C@H](C)O1. The minimum Gasteiger partial charge on any atom is -0.373 e. The first-order chi connectivity index (χ1) is 13.7. The van der Waals surface area contributed by atoms with Crippen molar-refractivity contribution in [1.29, 1.82) is 0 Å². The minimum atomic E-state index is -3.66. The van der Waals surface area contributed by atoms with E-state index in [1.807, 2.05) is 13.8 Å². The zero-order valence-corrected chi connectivity index (χ0v) is 18.3. The second-order valence-electron chi connectivity index (χ2n) is 9.21. The minimum absolute atomic E-state index is 0.110. The maximum Gasteiger partial charge on any atom is 0.251 e. The lowest BCUT2D eigenvalue weighted by Crippen LogP contribution is -2.48. The van der Waals surface area contributed by atoms with Crippen molar-refractivity contribution in [3.63, 3.8) is 0 Å². The molecule has 0 aromatic heterocycles. The van der Waals surface area contributed by atoms with E-state index in [-0.39, 0.29) is 29.1 Å². The predicted octanol–water partition coefficient (Wildman–Crippen LogP) is 3.04. The summed E-state index contributed by atoms with van der Waals surface area (Å²) >= 11 is 0. The first-order valence-electron chi connectivity index (χ1n) is 10.8. The van der Waals surface area contributed by atoms with Crippen LogP contribution in [0.5, 0.6) is 0 Å². The molecule has 1 heterocycles. The van der Waals surface area contributed by atoms with Gasteiger partial charge in [0.15, 0.2) is 0 Å². The van der Waals surface area contributed by atoms with Gasteiger partial charge in [0.25, 0.3) is 5.91 Å². The van der Waals surface area contributed by atoms with Crippen molar-refractivity contribution in [2.45, 2.75) is 69.6 Å². The van der Waals surface area contributed by atoms with E-state index in [1.165, 1.54) is 36.1 Å². The molecule has 1 aliphatic heterocycles. The third-order valence-electron chi connectivity index (χ3n) is 6.91. The van der Waals surface area contributed by atoms with Crippen molar-refractivity contribution in [3.05, 3.63) is 29.8 Å². The van der Waals surface area contributed by atoms with E-state index in [1.54, 1.807) is 18.2 Å². The van der Waals surface area contributed by atoms with Crippen molar-refractivity contribution >= 4 is 15.9 Å². The van der Waals surface area contributed by atoms with Crippen LogP contribution in [0.15, 0.2) is 29.2 Å². The molecule has 2 bridgehead atoms. The summed E-state index contributed by atoms with van der Waals surface area (Å²) in [5.74, 6) is 1.91. The fourth-order valence-corrected chi connectivity index (χ4v) is 7.21. The molecule has 0 unspecified atom stereocenters. The Morgan fingerprint density at radius 1 is 1.17 bits per heavy atom. The molecular formula is C22H32N2O4S. The van der Waals surface area contributed by atoms with Gasteiger partial charge in [0.05, 0.1) is 17.1 Å². The van der Waals surface area contributed by atoms with Crippen LogP contribution in [-0.4, -0.2) is 50.0 Å². The zero-order valence-electron chi connectivity index (χ0n) is 17.5. The third kappa shape index (κ3) is 4.23. The molecule has 6 atom stereocenters.